The molecular weight excluding hydrogens is 410 g/mol. The second-order valence-corrected chi connectivity index (χ2v) is 7.42. The van der Waals surface area contributed by atoms with Crippen molar-refractivity contribution in [2.75, 3.05) is 29.7 Å². The van der Waals surface area contributed by atoms with Crippen LogP contribution in [0.2, 0.25) is 0 Å². The fourth-order valence-electron chi connectivity index (χ4n) is 3.10. The molecule has 3 aromatic rings. The van der Waals surface area contributed by atoms with Crippen molar-refractivity contribution in [2.24, 2.45) is 4.99 Å². The summed E-state index contributed by atoms with van der Waals surface area (Å²) in [5, 5.41) is 0. The third-order valence-corrected chi connectivity index (χ3v) is 4.96. The molecule has 0 saturated carbocycles. The second kappa shape index (κ2) is 9.90. The van der Waals surface area contributed by atoms with Crippen LogP contribution in [0.15, 0.2) is 53.8 Å². The van der Waals surface area contributed by atoms with E-state index in [1.165, 1.54) is 6.07 Å². The summed E-state index contributed by atoms with van der Waals surface area (Å²) in [5.41, 5.74) is 3.90. The van der Waals surface area contributed by atoms with E-state index in [1.54, 1.807) is 18.5 Å². The Labute approximate surface area is 180 Å². The monoisotopic (exact) mass is 432 g/mol. The number of aryl methyl sites for hydroxylation is 2. The van der Waals surface area contributed by atoms with Gasteiger partial charge in [0.1, 0.15) is 11.6 Å². The quantitative estimate of drug-likeness (QED) is 0.339. The average Bonchev–Trinajstić information content (AvgIpc) is 3.12. The van der Waals surface area contributed by atoms with Gasteiger partial charge in [-0.05, 0) is 49.7 Å². The predicted molar refractivity (Wildman–Crippen MR) is 120 cm³/mol. The standard InChI is InChI=1S/C22H23Cl2FN4/c1-16-3-6-22(29-12-9-26-17(29)2)21(13-16)27-15-18-4-5-19(14-20(18)25)28(10-7-23)11-8-24/h3-6,9,12-15H,7-8,10-11H2,1-2H3. The van der Waals surface area contributed by atoms with Gasteiger partial charge in [0.25, 0.3) is 0 Å². The molecule has 29 heavy (non-hydrogen) atoms. The van der Waals surface area contributed by atoms with E-state index in [0.29, 0.717) is 30.4 Å². The van der Waals surface area contributed by atoms with Crippen molar-refractivity contribution in [1.82, 2.24) is 9.55 Å². The number of nitrogens with zero attached hydrogens (tertiary/aromatic N) is 4. The van der Waals surface area contributed by atoms with Gasteiger partial charge < -0.3 is 9.47 Å². The number of alkyl halides is 2. The van der Waals surface area contributed by atoms with Crippen LogP contribution < -0.4 is 4.90 Å². The first-order chi connectivity index (χ1) is 14.0. The van der Waals surface area contributed by atoms with Crippen molar-refractivity contribution >= 4 is 40.8 Å². The van der Waals surface area contributed by atoms with Crippen molar-refractivity contribution < 1.29 is 4.39 Å². The van der Waals surface area contributed by atoms with E-state index in [2.05, 4.69) is 9.98 Å². The highest BCUT2D eigenvalue weighted by atomic mass is 35.5. The van der Waals surface area contributed by atoms with Crippen molar-refractivity contribution in [3.63, 3.8) is 0 Å². The maximum Gasteiger partial charge on any atom is 0.134 e. The Balaban J connectivity index is 1.91. The lowest BCUT2D eigenvalue weighted by atomic mass is 10.1. The molecule has 2 aromatic carbocycles. The number of hydrogen-bond acceptors (Lipinski definition) is 3. The van der Waals surface area contributed by atoms with Crippen LogP contribution in [0.25, 0.3) is 5.69 Å². The van der Waals surface area contributed by atoms with Gasteiger partial charge in [0.15, 0.2) is 0 Å². The smallest absolute Gasteiger partial charge is 0.134 e. The molecule has 0 bridgehead atoms. The van der Waals surface area contributed by atoms with Crippen LogP contribution in [0.3, 0.4) is 0 Å². The lowest BCUT2D eigenvalue weighted by molar-refractivity contribution is 0.625. The summed E-state index contributed by atoms with van der Waals surface area (Å²) >= 11 is 11.7. The molecule has 0 atom stereocenters. The minimum absolute atomic E-state index is 0.339. The van der Waals surface area contributed by atoms with Crippen LogP contribution >= 0.6 is 23.2 Å². The molecular formula is C22H23Cl2FN4. The largest absolute Gasteiger partial charge is 0.369 e. The molecule has 4 nitrogen and oxygen atoms in total. The van der Waals surface area contributed by atoms with Crippen molar-refractivity contribution in [1.29, 1.82) is 0 Å². The topological polar surface area (TPSA) is 33.4 Å². The molecule has 0 spiro atoms. The van der Waals surface area contributed by atoms with Gasteiger partial charge >= 0.3 is 0 Å². The van der Waals surface area contributed by atoms with Gasteiger partial charge in [0.2, 0.25) is 0 Å². The fraction of sp³-hybridized carbons (Fsp3) is 0.273. The number of benzene rings is 2. The van der Waals surface area contributed by atoms with Crippen molar-refractivity contribution in [2.45, 2.75) is 13.8 Å². The Morgan fingerprint density at radius 3 is 2.48 bits per heavy atom. The Bertz CT molecular complexity index is 994. The van der Waals surface area contributed by atoms with Gasteiger partial charge in [0.05, 0.1) is 11.4 Å². The molecule has 0 fully saturated rings. The lowest BCUT2D eigenvalue weighted by Crippen LogP contribution is -2.27. The molecule has 0 aliphatic rings. The maximum absolute atomic E-state index is 14.7. The van der Waals surface area contributed by atoms with Gasteiger partial charge in [-0.2, -0.15) is 0 Å². The van der Waals surface area contributed by atoms with E-state index in [-0.39, 0.29) is 5.82 Å². The third-order valence-electron chi connectivity index (χ3n) is 4.62. The molecule has 152 valence electrons. The summed E-state index contributed by atoms with van der Waals surface area (Å²) in [6.45, 7) is 5.15. The number of anilines is 1. The number of aliphatic imine (C=N–C) groups is 1. The predicted octanol–water partition coefficient (Wildman–Crippen LogP) is 5.66. The van der Waals surface area contributed by atoms with Gasteiger partial charge in [-0.25, -0.2) is 9.37 Å². The van der Waals surface area contributed by atoms with Gasteiger partial charge in [-0.3, -0.25) is 4.99 Å². The number of aromatic nitrogens is 2. The van der Waals surface area contributed by atoms with E-state index in [1.807, 2.05) is 53.8 Å². The van der Waals surface area contributed by atoms with E-state index >= 15 is 0 Å². The fourth-order valence-corrected chi connectivity index (χ4v) is 3.51. The number of hydrogen-bond donors (Lipinski definition) is 0. The van der Waals surface area contributed by atoms with Crippen molar-refractivity contribution in [3.8, 4) is 5.69 Å². The van der Waals surface area contributed by atoms with Crippen LogP contribution in [-0.2, 0) is 0 Å². The molecule has 1 aromatic heterocycles. The summed E-state index contributed by atoms with van der Waals surface area (Å²) < 4.78 is 16.7. The zero-order valence-corrected chi connectivity index (χ0v) is 18.0. The average molecular weight is 433 g/mol. The molecule has 1 heterocycles. The van der Waals surface area contributed by atoms with Gasteiger partial charge in [-0.15, -0.1) is 23.2 Å². The minimum atomic E-state index is -0.339. The van der Waals surface area contributed by atoms with Crippen molar-refractivity contribution in [3.05, 3.63) is 71.6 Å². The van der Waals surface area contributed by atoms with E-state index < -0.39 is 0 Å². The summed E-state index contributed by atoms with van der Waals surface area (Å²) in [6, 6.07) is 11.1. The first kappa shape index (κ1) is 21.3. The normalized spacial score (nSPS) is 11.3. The Morgan fingerprint density at radius 1 is 1.10 bits per heavy atom. The molecule has 7 heteroatoms. The van der Waals surface area contributed by atoms with Crippen LogP contribution in [0.1, 0.15) is 17.0 Å². The Hall–Kier alpha value is -2.37. The summed E-state index contributed by atoms with van der Waals surface area (Å²) in [7, 11) is 0. The first-order valence-corrected chi connectivity index (χ1v) is 10.4. The summed E-state index contributed by atoms with van der Waals surface area (Å²) in [5.74, 6) is 1.42. The zero-order chi connectivity index (χ0) is 20.8. The van der Waals surface area contributed by atoms with E-state index in [4.69, 9.17) is 23.2 Å². The Morgan fingerprint density at radius 2 is 1.86 bits per heavy atom. The van der Waals surface area contributed by atoms with Crippen LogP contribution in [-0.4, -0.2) is 40.6 Å². The third kappa shape index (κ3) is 5.17. The second-order valence-electron chi connectivity index (χ2n) is 6.67. The Kier molecular flexibility index (Phi) is 7.29. The number of halogens is 3. The highest BCUT2D eigenvalue weighted by Crippen LogP contribution is 2.26. The highest BCUT2D eigenvalue weighted by Gasteiger charge is 2.10. The molecule has 0 aliphatic heterocycles. The lowest BCUT2D eigenvalue weighted by Gasteiger charge is -2.23. The molecule has 0 aliphatic carbocycles. The van der Waals surface area contributed by atoms with Gasteiger partial charge in [-0.1, -0.05) is 6.07 Å². The van der Waals surface area contributed by atoms with E-state index in [9.17, 15) is 4.39 Å². The maximum atomic E-state index is 14.7. The first-order valence-electron chi connectivity index (χ1n) is 9.35. The number of imidazole rings is 1. The molecule has 0 unspecified atom stereocenters. The van der Waals surface area contributed by atoms with Crippen LogP contribution in [0.5, 0.6) is 0 Å². The summed E-state index contributed by atoms with van der Waals surface area (Å²) in [6.07, 6.45) is 5.18. The molecule has 0 amide bonds. The van der Waals surface area contributed by atoms with Crippen LogP contribution in [0.4, 0.5) is 15.8 Å². The minimum Gasteiger partial charge on any atom is -0.369 e. The van der Waals surface area contributed by atoms with Gasteiger partial charge in [0, 0.05) is 54.7 Å². The molecule has 0 N–H and O–H groups in total. The van der Waals surface area contributed by atoms with E-state index in [0.717, 1.165) is 28.5 Å². The highest BCUT2D eigenvalue weighted by molar-refractivity contribution is 6.18. The number of rotatable bonds is 8. The molecule has 3 rings (SSSR count). The zero-order valence-electron chi connectivity index (χ0n) is 16.4. The SMILES string of the molecule is Cc1ccc(-n2ccnc2C)c(N=Cc2ccc(N(CCCl)CCCl)cc2F)c1. The summed E-state index contributed by atoms with van der Waals surface area (Å²) in [4.78, 5) is 10.8. The van der Waals surface area contributed by atoms with Crippen LogP contribution in [0, 0.1) is 19.7 Å². The molecule has 0 saturated heterocycles. The molecule has 0 radical (unpaired) electrons.